The molecule has 0 aliphatic heterocycles. The van der Waals surface area contributed by atoms with Crippen molar-refractivity contribution in [3.63, 3.8) is 0 Å². The summed E-state index contributed by atoms with van der Waals surface area (Å²) in [5, 5.41) is 7.18. The van der Waals surface area contributed by atoms with Crippen LogP contribution < -0.4 is 5.32 Å². The summed E-state index contributed by atoms with van der Waals surface area (Å²) in [5.41, 5.74) is 1.94. The summed E-state index contributed by atoms with van der Waals surface area (Å²) in [5.74, 6) is 0.854. The van der Waals surface area contributed by atoms with Crippen LogP contribution >= 0.6 is 0 Å². The minimum atomic E-state index is 0.154. The summed E-state index contributed by atoms with van der Waals surface area (Å²) in [6.07, 6.45) is 3.75. The van der Waals surface area contributed by atoms with Crippen LogP contribution in [0.15, 0.2) is 23.5 Å². The van der Waals surface area contributed by atoms with E-state index in [2.05, 4.69) is 29.3 Å². The fourth-order valence-corrected chi connectivity index (χ4v) is 1.26. The lowest BCUT2D eigenvalue weighted by atomic mass is 10.1. The fourth-order valence-electron chi connectivity index (χ4n) is 1.26. The fraction of sp³-hybridized carbons (Fsp3) is 0.538. The van der Waals surface area contributed by atoms with E-state index in [1.54, 1.807) is 0 Å². The van der Waals surface area contributed by atoms with Gasteiger partial charge in [-0.1, -0.05) is 19.0 Å². The van der Waals surface area contributed by atoms with Crippen LogP contribution in [-0.2, 0) is 4.84 Å². The van der Waals surface area contributed by atoms with Crippen molar-refractivity contribution >= 4 is 11.5 Å². The highest BCUT2D eigenvalue weighted by molar-refractivity contribution is 5.99. The smallest absolute Gasteiger partial charge is 0.125 e. The van der Waals surface area contributed by atoms with Crippen LogP contribution in [0.3, 0.4) is 0 Å². The Morgan fingerprint density at radius 1 is 1.47 bits per heavy atom. The lowest BCUT2D eigenvalue weighted by Crippen LogP contribution is -2.07. The van der Waals surface area contributed by atoms with Gasteiger partial charge in [-0.2, -0.15) is 0 Å². The third kappa shape index (κ3) is 4.06. The molecule has 4 heteroatoms. The molecule has 17 heavy (non-hydrogen) atoms. The first-order chi connectivity index (χ1) is 8.21. The van der Waals surface area contributed by atoms with Gasteiger partial charge in [-0.15, -0.1) is 0 Å². The van der Waals surface area contributed by atoms with Crippen LogP contribution in [0.5, 0.6) is 0 Å². The third-order valence-corrected chi connectivity index (χ3v) is 2.61. The van der Waals surface area contributed by atoms with E-state index in [1.807, 2.05) is 32.3 Å². The third-order valence-electron chi connectivity index (χ3n) is 2.61. The molecule has 1 heterocycles. The molecular weight excluding hydrogens is 214 g/mol. The Bertz CT molecular complexity index is 359. The number of aromatic nitrogens is 1. The average Bonchev–Trinajstić information content (AvgIpc) is 2.39. The summed E-state index contributed by atoms with van der Waals surface area (Å²) in [6, 6.07) is 3.94. The molecule has 0 bridgehead atoms. The van der Waals surface area contributed by atoms with Gasteiger partial charge >= 0.3 is 0 Å². The van der Waals surface area contributed by atoms with Crippen molar-refractivity contribution in [1.82, 2.24) is 4.98 Å². The van der Waals surface area contributed by atoms with E-state index in [0.29, 0.717) is 0 Å². The molecule has 0 aliphatic rings. The van der Waals surface area contributed by atoms with Gasteiger partial charge < -0.3 is 10.2 Å². The maximum absolute atomic E-state index is 5.40. The van der Waals surface area contributed by atoms with Crippen LogP contribution in [0, 0.1) is 0 Å². The number of rotatable bonds is 6. The van der Waals surface area contributed by atoms with Gasteiger partial charge in [0.15, 0.2) is 0 Å². The first-order valence-electron chi connectivity index (χ1n) is 6.08. The predicted molar refractivity (Wildman–Crippen MR) is 71.4 cm³/mol. The average molecular weight is 235 g/mol. The van der Waals surface area contributed by atoms with Gasteiger partial charge in [-0.3, -0.25) is 0 Å². The molecule has 0 aromatic carbocycles. The topological polar surface area (TPSA) is 46.5 Å². The van der Waals surface area contributed by atoms with Crippen molar-refractivity contribution in [3.05, 3.63) is 23.9 Å². The minimum absolute atomic E-state index is 0.154. The zero-order chi connectivity index (χ0) is 12.7. The Balaban J connectivity index is 2.78. The van der Waals surface area contributed by atoms with Gasteiger partial charge in [0.2, 0.25) is 0 Å². The van der Waals surface area contributed by atoms with Crippen molar-refractivity contribution in [2.45, 2.75) is 39.7 Å². The van der Waals surface area contributed by atoms with Crippen LogP contribution in [0.4, 0.5) is 5.82 Å². The van der Waals surface area contributed by atoms with Crippen molar-refractivity contribution in [2.75, 3.05) is 12.4 Å². The monoisotopic (exact) mass is 235 g/mol. The molecule has 1 aromatic heterocycles. The number of hydrogen-bond acceptors (Lipinski definition) is 4. The first kappa shape index (κ1) is 13.5. The molecule has 94 valence electrons. The number of nitrogens with one attached hydrogen (secondary N) is 1. The number of hydrogen-bond donors (Lipinski definition) is 1. The Hall–Kier alpha value is -1.58. The van der Waals surface area contributed by atoms with E-state index < -0.39 is 0 Å². The van der Waals surface area contributed by atoms with E-state index in [4.69, 9.17) is 4.84 Å². The number of anilines is 1. The lowest BCUT2D eigenvalue weighted by molar-refractivity contribution is 0.0697. The molecule has 1 atom stereocenters. The molecule has 1 rings (SSSR count). The Morgan fingerprint density at radius 2 is 2.24 bits per heavy atom. The second kappa shape index (κ2) is 6.89. The van der Waals surface area contributed by atoms with E-state index in [1.165, 1.54) is 0 Å². The Labute approximate surface area is 103 Å². The zero-order valence-electron chi connectivity index (χ0n) is 11.0. The number of oxime groups is 1. The maximum Gasteiger partial charge on any atom is 0.125 e. The zero-order valence-corrected chi connectivity index (χ0v) is 11.0. The largest absolute Gasteiger partial charge is 0.393 e. The second-order valence-electron chi connectivity index (χ2n) is 3.90. The Kier molecular flexibility index (Phi) is 5.46. The SMILES string of the molecule is CC/C(=N\OC(C)CC)c1ccc(NC)nc1. The molecule has 1 unspecified atom stereocenters. The van der Waals surface area contributed by atoms with Gasteiger partial charge in [0.25, 0.3) is 0 Å². The van der Waals surface area contributed by atoms with Crippen molar-refractivity contribution in [3.8, 4) is 0 Å². The van der Waals surface area contributed by atoms with E-state index in [-0.39, 0.29) is 6.10 Å². The molecule has 1 N–H and O–H groups in total. The molecule has 0 saturated carbocycles. The van der Waals surface area contributed by atoms with E-state index in [9.17, 15) is 0 Å². The van der Waals surface area contributed by atoms with E-state index >= 15 is 0 Å². The van der Waals surface area contributed by atoms with Gasteiger partial charge in [0, 0.05) is 18.8 Å². The first-order valence-corrected chi connectivity index (χ1v) is 6.08. The maximum atomic E-state index is 5.40. The molecule has 1 aromatic rings. The standard InChI is InChI=1S/C13H21N3O/c1-5-10(3)17-16-12(6-2)11-7-8-13(14-4)15-9-11/h7-10H,5-6H2,1-4H3,(H,14,15)/b16-12+. The lowest BCUT2D eigenvalue weighted by Gasteiger charge is -2.09. The molecule has 0 aliphatic carbocycles. The van der Waals surface area contributed by atoms with Crippen LogP contribution in [0.1, 0.15) is 39.2 Å². The van der Waals surface area contributed by atoms with Gasteiger partial charge in [0.05, 0.1) is 5.71 Å². The molecule has 0 fully saturated rings. The highest BCUT2D eigenvalue weighted by Gasteiger charge is 2.04. The summed E-state index contributed by atoms with van der Waals surface area (Å²) in [6.45, 7) is 6.15. The van der Waals surface area contributed by atoms with Crippen molar-refractivity contribution in [2.24, 2.45) is 5.16 Å². The normalized spacial score (nSPS) is 13.3. The van der Waals surface area contributed by atoms with Gasteiger partial charge in [0.1, 0.15) is 11.9 Å². The van der Waals surface area contributed by atoms with Gasteiger partial charge in [-0.05, 0) is 31.9 Å². The predicted octanol–water partition coefficient (Wildman–Crippen LogP) is 3.05. The van der Waals surface area contributed by atoms with Crippen molar-refractivity contribution in [1.29, 1.82) is 0 Å². The highest BCUT2D eigenvalue weighted by Crippen LogP contribution is 2.09. The van der Waals surface area contributed by atoms with Crippen LogP contribution in [0.2, 0.25) is 0 Å². The number of nitrogens with zero attached hydrogens (tertiary/aromatic N) is 2. The second-order valence-corrected chi connectivity index (χ2v) is 3.90. The van der Waals surface area contributed by atoms with Crippen LogP contribution in [-0.4, -0.2) is 23.8 Å². The van der Waals surface area contributed by atoms with Crippen LogP contribution in [0.25, 0.3) is 0 Å². The number of pyridine rings is 1. The summed E-state index contributed by atoms with van der Waals surface area (Å²) >= 11 is 0. The minimum Gasteiger partial charge on any atom is -0.393 e. The Morgan fingerprint density at radius 3 is 2.71 bits per heavy atom. The summed E-state index contributed by atoms with van der Waals surface area (Å²) in [4.78, 5) is 9.67. The molecular formula is C13H21N3O. The molecule has 0 radical (unpaired) electrons. The molecule has 0 amide bonds. The molecule has 4 nitrogen and oxygen atoms in total. The van der Waals surface area contributed by atoms with E-state index in [0.717, 1.165) is 29.9 Å². The van der Waals surface area contributed by atoms with Crippen molar-refractivity contribution < 1.29 is 4.84 Å². The quantitative estimate of drug-likeness (QED) is 0.609. The summed E-state index contributed by atoms with van der Waals surface area (Å²) in [7, 11) is 1.85. The summed E-state index contributed by atoms with van der Waals surface area (Å²) < 4.78 is 0. The highest BCUT2D eigenvalue weighted by atomic mass is 16.6. The molecule has 0 spiro atoms. The molecule has 0 saturated heterocycles. The van der Waals surface area contributed by atoms with Gasteiger partial charge in [-0.25, -0.2) is 4.98 Å².